The zero-order valence-corrected chi connectivity index (χ0v) is 26.8. The van der Waals surface area contributed by atoms with Crippen molar-refractivity contribution in [3.05, 3.63) is 37.0 Å². The van der Waals surface area contributed by atoms with Crippen LogP contribution in [0.1, 0.15) is 126 Å². The summed E-state index contributed by atoms with van der Waals surface area (Å²) in [5, 5.41) is 25.7. The molecule has 0 bridgehead atoms. The Balaban J connectivity index is 0. The maximum absolute atomic E-state index is 10.5. The van der Waals surface area contributed by atoms with Crippen LogP contribution in [0.4, 0.5) is 0 Å². The molecule has 2 aliphatic rings. The van der Waals surface area contributed by atoms with Gasteiger partial charge < -0.3 is 15.3 Å². The number of carbonyl (C=O) groups is 3. The van der Waals surface area contributed by atoms with E-state index in [1.165, 1.54) is 32.1 Å². The summed E-state index contributed by atoms with van der Waals surface area (Å²) in [5.74, 6) is 0.926. The number of aliphatic carboxylic acids is 3. The minimum absolute atomic E-state index is 0.329. The first kappa shape index (κ1) is 39.8. The Labute approximate surface area is 245 Å². The SMILES string of the molecule is C=C.CC1C=C2C=CC(C)[C@H](CCCCCCC(=O)O)C2CC1.CCC(C)(C)C(=O)O.CCCC(C)(C)C(=O)O. The molecule has 0 amide bonds. The molecule has 4 atom stereocenters. The fraction of sp³-hybridized carbons (Fsp3) is 0.735. The van der Waals surface area contributed by atoms with Crippen LogP contribution in [0.25, 0.3) is 0 Å². The van der Waals surface area contributed by atoms with Crippen LogP contribution in [-0.2, 0) is 14.4 Å². The molecule has 0 aromatic rings. The van der Waals surface area contributed by atoms with Crippen molar-refractivity contribution in [2.75, 3.05) is 0 Å². The van der Waals surface area contributed by atoms with Crippen LogP contribution in [0.15, 0.2) is 37.0 Å². The summed E-state index contributed by atoms with van der Waals surface area (Å²) in [6.45, 7) is 21.5. The molecule has 232 valence electrons. The summed E-state index contributed by atoms with van der Waals surface area (Å²) in [5.41, 5.74) is 0.511. The van der Waals surface area contributed by atoms with E-state index in [9.17, 15) is 14.4 Å². The molecule has 0 fully saturated rings. The Kier molecular flexibility index (Phi) is 20.4. The van der Waals surface area contributed by atoms with Crippen molar-refractivity contribution in [3.8, 4) is 0 Å². The van der Waals surface area contributed by atoms with E-state index in [0.717, 1.165) is 43.4 Å². The molecule has 3 unspecified atom stereocenters. The fourth-order valence-corrected chi connectivity index (χ4v) is 4.91. The van der Waals surface area contributed by atoms with Crippen LogP contribution in [0, 0.1) is 34.5 Å². The Hall–Kier alpha value is -2.37. The van der Waals surface area contributed by atoms with Gasteiger partial charge >= 0.3 is 17.9 Å². The van der Waals surface area contributed by atoms with Crippen molar-refractivity contribution in [2.24, 2.45) is 34.5 Å². The molecule has 6 heteroatoms. The molecular formula is C34H60O6. The topological polar surface area (TPSA) is 112 Å². The Morgan fingerprint density at radius 1 is 0.875 bits per heavy atom. The van der Waals surface area contributed by atoms with Gasteiger partial charge in [-0.3, -0.25) is 14.4 Å². The quantitative estimate of drug-likeness (QED) is 0.161. The minimum Gasteiger partial charge on any atom is -0.481 e. The average Bonchev–Trinajstić information content (AvgIpc) is 2.88. The number of carboxylic acids is 3. The summed E-state index contributed by atoms with van der Waals surface area (Å²) >= 11 is 0. The molecule has 0 radical (unpaired) electrons. The van der Waals surface area contributed by atoms with E-state index in [4.69, 9.17) is 15.3 Å². The summed E-state index contributed by atoms with van der Waals surface area (Å²) < 4.78 is 0. The smallest absolute Gasteiger partial charge is 0.309 e. The summed E-state index contributed by atoms with van der Waals surface area (Å²) in [6, 6.07) is 0. The van der Waals surface area contributed by atoms with Crippen LogP contribution in [0.2, 0.25) is 0 Å². The number of unbranched alkanes of at least 4 members (excludes halogenated alkanes) is 3. The molecule has 0 heterocycles. The second kappa shape index (κ2) is 20.5. The van der Waals surface area contributed by atoms with Gasteiger partial charge in [0.2, 0.25) is 0 Å². The third kappa shape index (κ3) is 16.0. The van der Waals surface area contributed by atoms with Gasteiger partial charge in [-0.05, 0) is 95.5 Å². The van der Waals surface area contributed by atoms with E-state index in [2.05, 4.69) is 45.2 Å². The molecule has 2 aliphatic carbocycles. The lowest BCUT2D eigenvalue weighted by Gasteiger charge is -2.38. The molecule has 3 N–H and O–H groups in total. The van der Waals surface area contributed by atoms with Gasteiger partial charge in [0.05, 0.1) is 10.8 Å². The van der Waals surface area contributed by atoms with E-state index in [0.29, 0.717) is 18.8 Å². The molecule has 40 heavy (non-hydrogen) atoms. The zero-order chi connectivity index (χ0) is 31.5. The van der Waals surface area contributed by atoms with Crippen LogP contribution in [-0.4, -0.2) is 33.2 Å². The Morgan fingerprint density at radius 2 is 1.43 bits per heavy atom. The van der Waals surface area contributed by atoms with Gasteiger partial charge in [-0.15, -0.1) is 13.2 Å². The number of carboxylic acid groups (broad SMARTS) is 3. The average molecular weight is 565 g/mol. The van der Waals surface area contributed by atoms with Gasteiger partial charge in [-0.25, -0.2) is 0 Å². The number of hydrogen-bond acceptors (Lipinski definition) is 3. The maximum atomic E-state index is 10.5. The Bertz CT molecular complexity index is 807. The second-order valence-corrected chi connectivity index (χ2v) is 12.5. The lowest BCUT2D eigenvalue weighted by molar-refractivity contribution is -0.148. The molecule has 0 saturated heterocycles. The van der Waals surface area contributed by atoms with Gasteiger partial charge in [0.25, 0.3) is 0 Å². The summed E-state index contributed by atoms with van der Waals surface area (Å²) in [7, 11) is 0. The first-order valence-corrected chi connectivity index (χ1v) is 15.2. The van der Waals surface area contributed by atoms with Crippen molar-refractivity contribution in [1.82, 2.24) is 0 Å². The first-order valence-electron chi connectivity index (χ1n) is 15.2. The van der Waals surface area contributed by atoms with Gasteiger partial charge in [-0.2, -0.15) is 0 Å². The highest BCUT2D eigenvalue weighted by molar-refractivity contribution is 5.73. The lowest BCUT2D eigenvalue weighted by atomic mass is 9.67. The maximum Gasteiger partial charge on any atom is 0.309 e. The summed E-state index contributed by atoms with van der Waals surface area (Å²) in [4.78, 5) is 31.2. The standard InChI is InChI=1S/C19H30O2.C7H14O2.C6H12O2.C2H4/c1-14-9-12-18-16(13-14)11-10-15(2)17(18)7-5-3-4-6-8-19(20)21;1-4-5-7(2,3)6(8)9;1-4-6(2,3)5(7)8;1-2/h10-11,13-15,17-18H,3-9,12H2,1-2H3,(H,20,21);4-5H2,1-3H3,(H,8,9);4H2,1-3H3,(H,7,8);1-2H2/t14?,15?,17-,18?;;;/m0.../s1. The van der Waals surface area contributed by atoms with Crippen LogP contribution in [0.3, 0.4) is 0 Å². The number of fused-ring (bicyclic) bond motifs is 1. The second-order valence-electron chi connectivity index (χ2n) is 12.5. The Morgan fingerprint density at radius 3 is 1.85 bits per heavy atom. The van der Waals surface area contributed by atoms with Gasteiger partial charge in [-0.1, -0.05) is 71.6 Å². The predicted octanol–water partition coefficient (Wildman–Crippen LogP) is 9.41. The first-order chi connectivity index (χ1) is 18.6. The van der Waals surface area contributed by atoms with Crippen molar-refractivity contribution in [3.63, 3.8) is 0 Å². The van der Waals surface area contributed by atoms with Crippen molar-refractivity contribution < 1.29 is 29.7 Å². The molecule has 0 aromatic heterocycles. The monoisotopic (exact) mass is 564 g/mol. The third-order valence-corrected chi connectivity index (χ3v) is 8.22. The largest absolute Gasteiger partial charge is 0.481 e. The van der Waals surface area contributed by atoms with Crippen molar-refractivity contribution >= 4 is 17.9 Å². The van der Waals surface area contributed by atoms with E-state index in [1.807, 2.05) is 13.8 Å². The molecule has 2 rings (SSSR count). The molecular weight excluding hydrogens is 504 g/mol. The van der Waals surface area contributed by atoms with Crippen LogP contribution < -0.4 is 0 Å². The lowest BCUT2D eigenvalue weighted by Crippen LogP contribution is -2.28. The predicted molar refractivity (Wildman–Crippen MR) is 166 cm³/mol. The van der Waals surface area contributed by atoms with Crippen molar-refractivity contribution in [2.45, 2.75) is 126 Å². The number of rotatable bonds is 12. The number of allylic oxidation sites excluding steroid dienone is 4. The molecule has 6 nitrogen and oxygen atoms in total. The molecule has 0 aliphatic heterocycles. The third-order valence-electron chi connectivity index (χ3n) is 8.22. The minimum atomic E-state index is -0.722. The highest BCUT2D eigenvalue weighted by Crippen LogP contribution is 2.43. The van der Waals surface area contributed by atoms with E-state index < -0.39 is 28.7 Å². The molecule has 0 aromatic carbocycles. The van der Waals surface area contributed by atoms with Crippen LogP contribution >= 0.6 is 0 Å². The van der Waals surface area contributed by atoms with Crippen LogP contribution in [0.5, 0.6) is 0 Å². The zero-order valence-electron chi connectivity index (χ0n) is 26.8. The molecule has 0 spiro atoms. The number of hydrogen-bond donors (Lipinski definition) is 3. The highest BCUT2D eigenvalue weighted by Gasteiger charge is 2.32. The highest BCUT2D eigenvalue weighted by atomic mass is 16.4. The van der Waals surface area contributed by atoms with E-state index in [1.54, 1.807) is 33.3 Å². The van der Waals surface area contributed by atoms with Gasteiger partial charge in [0.15, 0.2) is 0 Å². The van der Waals surface area contributed by atoms with Crippen molar-refractivity contribution in [1.29, 1.82) is 0 Å². The molecule has 0 saturated carbocycles. The van der Waals surface area contributed by atoms with E-state index >= 15 is 0 Å². The van der Waals surface area contributed by atoms with Gasteiger partial charge in [0, 0.05) is 6.42 Å². The fourth-order valence-electron chi connectivity index (χ4n) is 4.91. The van der Waals surface area contributed by atoms with Gasteiger partial charge in [0.1, 0.15) is 0 Å². The van der Waals surface area contributed by atoms with E-state index in [-0.39, 0.29) is 0 Å². The summed E-state index contributed by atoms with van der Waals surface area (Å²) in [6.07, 6.45) is 18.3. The normalized spacial score (nSPS) is 21.6.